The molecule has 0 aromatic heterocycles. The monoisotopic (exact) mass is 197 g/mol. The molecule has 0 bridgehead atoms. The molecule has 2 aliphatic rings. The molecule has 2 unspecified atom stereocenters. The lowest BCUT2D eigenvalue weighted by Crippen LogP contribution is -2.58. The topological polar surface area (TPSA) is 46.2 Å². The summed E-state index contributed by atoms with van der Waals surface area (Å²) in [5, 5.41) is 10.8. The van der Waals surface area contributed by atoms with E-state index in [0.29, 0.717) is 12.5 Å². The van der Waals surface area contributed by atoms with Crippen LogP contribution in [0.2, 0.25) is 0 Å². The quantitative estimate of drug-likeness (QED) is 0.727. The molecule has 3 N–H and O–H groups in total. The number of rotatable bonds is 3. The molecular weight excluding hydrogens is 174 g/mol. The Balaban J connectivity index is 2.20. The van der Waals surface area contributed by atoms with E-state index in [1.54, 1.807) is 0 Å². The van der Waals surface area contributed by atoms with Crippen LogP contribution in [0.1, 0.15) is 51.9 Å². The van der Waals surface area contributed by atoms with Gasteiger partial charge in [0.1, 0.15) is 0 Å². The highest BCUT2D eigenvalue weighted by molar-refractivity contribution is 5.09. The summed E-state index contributed by atoms with van der Waals surface area (Å²) >= 11 is 0. The lowest BCUT2D eigenvalue weighted by Gasteiger charge is -2.54. The van der Waals surface area contributed by atoms with Crippen LogP contribution in [0.4, 0.5) is 0 Å². The van der Waals surface area contributed by atoms with E-state index >= 15 is 0 Å². The molecule has 0 amide bonds. The molecule has 0 heterocycles. The number of aliphatic hydroxyl groups is 1. The van der Waals surface area contributed by atoms with Gasteiger partial charge >= 0.3 is 0 Å². The van der Waals surface area contributed by atoms with Crippen molar-refractivity contribution in [2.24, 2.45) is 17.1 Å². The normalized spacial score (nSPS) is 40.9. The Morgan fingerprint density at radius 3 is 2.43 bits per heavy atom. The van der Waals surface area contributed by atoms with E-state index in [1.807, 2.05) is 0 Å². The predicted octanol–water partition coefficient (Wildman–Crippen LogP) is 2.06. The fraction of sp³-hybridized carbons (Fsp3) is 1.00. The van der Waals surface area contributed by atoms with Crippen LogP contribution in [0.5, 0.6) is 0 Å². The van der Waals surface area contributed by atoms with Gasteiger partial charge in [0.25, 0.3) is 0 Å². The second-order valence-corrected chi connectivity index (χ2v) is 5.26. The van der Waals surface area contributed by atoms with Crippen molar-refractivity contribution in [3.8, 4) is 0 Å². The van der Waals surface area contributed by atoms with Gasteiger partial charge in [0, 0.05) is 12.0 Å². The first-order valence-electron chi connectivity index (χ1n) is 6.11. The van der Waals surface area contributed by atoms with Crippen LogP contribution < -0.4 is 5.73 Å². The van der Waals surface area contributed by atoms with E-state index in [-0.39, 0.29) is 5.41 Å². The maximum absolute atomic E-state index is 10.8. The highest BCUT2D eigenvalue weighted by Gasteiger charge is 2.57. The Labute approximate surface area is 86.9 Å². The Hall–Kier alpha value is -0.0800. The van der Waals surface area contributed by atoms with Crippen LogP contribution >= 0.6 is 0 Å². The SMILES string of the molecule is CCC1CCCC1(O)C1(CN)CCC1. The summed E-state index contributed by atoms with van der Waals surface area (Å²) < 4.78 is 0. The summed E-state index contributed by atoms with van der Waals surface area (Å²) in [6.07, 6.45) is 8.05. The van der Waals surface area contributed by atoms with Crippen molar-refractivity contribution in [3.05, 3.63) is 0 Å². The average molecular weight is 197 g/mol. The number of hydrogen-bond acceptors (Lipinski definition) is 2. The number of hydrogen-bond donors (Lipinski definition) is 2. The molecule has 2 heteroatoms. The third-order valence-electron chi connectivity index (χ3n) is 4.90. The number of nitrogens with two attached hydrogens (primary N) is 1. The summed E-state index contributed by atoms with van der Waals surface area (Å²) in [7, 11) is 0. The van der Waals surface area contributed by atoms with Gasteiger partial charge in [-0.05, 0) is 31.6 Å². The van der Waals surface area contributed by atoms with Crippen LogP contribution in [0, 0.1) is 11.3 Å². The van der Waals surface area contributed by atoms with Gasteiger partial charge in [-0.25, -0.2) is 0 Å². The molecule has 2 saturated carbocycles. The van der Waals surface area contributed by atoms with Crippen LogP contribution in [0.15, 0.2) is 0 Å². The molecule has 0 saturated heterocycles. The molecule has 2 fully saturated rings. The molecule has 0 aromatic carbocycles. The van der Waals surface area contributed by atoms with Gasteiger partial charge in [-0.2, -0.15) is 0 Å². The van der Waals surface area contributed by atoms with Crippen molar-refractivity contribution in [1.82, 2.24) is 0 Å². The van der Waals surface area contributed by atoms with E-state index in [4.69, 9.17) is 5.73 Å². The van der Waals surface area contributed by atoms with E-state index < -0.39 is 5.60 Å². The van der Waals surface area contributed by atoms with Gasteiger partial charge < -0.3 is 10.8 Å². The van der Waals surface area contributed by atoms with Crippen LogP contribution in [-0.4, -0.2) is 17.3 Å². The molecule has 2 nitrogen and oxygen atoms in total. The van der Waals surface area contributed by atoms with Crippen LogP contribution in [0.25, 0.3) is 0 Å². The second kappa shape index (κ2) is 3.49. The lowest BCUT2D eigenvalue weighted by molar-refractivity contribution is -0.146. The third-order valence-corrected chi connectivity index (χ3v) is 4.90. The van der Waals surface area contributed by atoms with Gasteiger partial charge in [-0.3, -0.25) is 0 Å². The van der Waals surface area contributed by atoms with E-state index in [9.17, 15) is 5.11 Å². The average Bonchev–Trinajstić information content (AvgIpc) is 2.46. The maximum atomic E-state index is 10.8. The molecule has 2 rings (SSSR count). The van der Waals surface area contributed by atoms with Crippen molar-refractivity contribution in [2.45, 2.75) is 57.5 Å². The molecule has 2 aliphatic carbocycles. The van der Waals surface area contributed by atoms with E-state index in [1.165, 1.54) is 19.3 Å². The first-order valence-corrected chi connectivity index (χ1v) is 6.11. The highest BCUT2D eigenvalue weighted by atomic mass is 16.3. The molecule has 2 atom stereocenters. The fourth-order valence-corrected chi connectivity index (χ4v) is 3.72. The summed E-state index contributed by atoms with van der Waals surface area (Å²) in [6, 6.07) is 0. The Bertz CT molecular complexity index is 207. The molecule has 0 aliphatic heterocycles. The molecular formula is C12H23NO. The van der Waals surface area contributed by atoms with Crippen LogP contribution in [0.3, 0.4) is 0 Å². The minimum Gasteiger partial charge on any atom is -0.389 e. The van der Waals surface area contributed by atoms with E-state index in [0.717, 1.165) is 25.7 Å². The van der Waals surface area contributed by atoms with Crippen molar-refractivity contribution in [2.75, 3.05) is 6.54 Å². The molecule has 0 aromatic rings. The van der Waals surface area contributed by atoms with Gasteiger partial charge in [-0.1, -0.05) is 26.2 Å². The Morgan fingerprint density at radius 1 is 1.29 bits per heavy atom. The second-order valence-electron chi connectivity index (χ2n) is 5.26. The lowest BCUT2D eigenvalue weighted by atomic mass is 9.55. The highest BCUT2D eigenvalue weighted by Crippen LogP contribution is 2.57. The first kappa shape index (κ1) is 10.4. The fourth-order valence-electron chi connectivity index (χ4n) is 3.72. The summed E-state index contributed by atoms with van der Waals surface area (Å²) in [5.41, 5.74) is 5.56. The van der Waals surface area contributed by atoms with E-state index in [2.05, 4.69) is 6.92 Å². The molecule has 0 spiro atoms. The minimum atomic E-state index is -0.422. The summed E-state index contributed by atoms with van der Waals surface area (Å²) in [4.78, 5) is 0. The van der Waals surface area contributed by atoms with Gasteiger partial charge in [-0.15, -0.1) is 0 Å². The Kier molecular flexibility index (Phi) is 2.61. The summed E-state index contributed by atoms with van der Waals surface area (Å²) in [6.45, 7) is 2.88. The molecule has 82 valence electrons. The third kappa shape index (κ3) is 1.17. The standard InChI is InChI=1S/C12H23NO/c1-2-10-5-3-8-12(10,14)11(9-13)6-4-7-11/h10,14H,2-9,13H2,1H3. The zero-order valence-electron chi connectivity index (χ0n) is 9.26. The summed E-state index contributed by atoms with van der Waals surface area (Å²) in [5.74, 6) is 0.506. The molecule has 0 radical (unpaired) electrons. The Morgan fingerprint density at radius 2 is 2.00 bits per heavy atom. The largest absolute Gasteiger partial charge is 0.389 e. The van der Waals surface area contributed by atoms with Crippen LogP contribution in [-0.2, 0) is 0 Å². The van der Waals surface area contributed by atoms with Gasteiger partial charge in [0.15, 0.2) is 0 Å². The maximum Gasteiger partial charge on any atom is 0.0743 e. The van der Waals surface area contributed by atoms with Crippen molar-refractivity contribution >= 4 is 0 Å². The zero-order valence-corrected chi connectivity index (χ0v) is 9.26. The zero-order chi connectivity index (χ0) is 10.2. The van der Waals surface area contributed by atoms with Crippen molar-refractivity contribution < 1.29 is 5.11 Å². The van der Waals surface area contributed by atoms with Gasteiger partial charge in [0.05, 0.1) is 5.60 Å². The predicted molar refractivity (Wildman–Crippen MR) is 57.9 cm³/mol. The first-order chi connectivity index (χ1) is 6.68. The van der Waals surface area contributed by atoms with Crippen molar-refractivity contribution in [1.29, 1.82) is 0 Å². The van der Waals surface area contributed by atoms with Crippen molar-refractivity contribution in [3.63, 3.8) is 0 Å². The van der Waals surface area contributed by atoms with Gasteiger partial charge in [0.2, 0.25) is 0 Å². The minimum absolute atomic E-state index is 0.0875. The smallest absolute Gasteiger partial charge is 0.0743 e. The molecule has 14 heavy (non-hydrogen) atoms.